The Morgan fingerprint density at radius 2 is 1.35 bits per heavy atom. The van der Waals surface area contributed by atoms with Crippen molar-refractivity contribution < 1.29 is 18.3 Å². The first-order chi connectivity index (χ1) is 9.31. The predicted molar refractivity (Wildman–Crippen MR) is 71.0 cm³/mol. The summed E-state index contributed by atoms with van der Waals surface area (Å²) in [5.41, 5.74) is 1.35. The van der Waals surface area contributed by atoms with Crippen LogP contribution in [-0.4, -0.2) is 5.11 Å². The molecule has 0 aromatic heterocycles. The first kappa shape index (κ1) is 14.6. The summed E-state index contributed by atoms with van der Waals surface area (Å²) >= 11 is 0. The van der Waals surface area contributed by atoms with Gasteiger partial charge in [-0.2, -0.15) is 0 Å². The van der Waals surface area contributed by atoms with Crippen molar-refractivity contribution in [1.29, 1.82) is 0 Å². The number of benzene rings is 2. The number of hydrogen-bond acceptors (Lipinski definition) is 1. The quantitative estimate of drug-likeness (QED) is 0.877. The molecule has 0 aliphatic rings. The molecule has 2 rings (SSSR count). The third kappa shape index (κ3) is 2.56. The van der Waals surface area contributed by atoms with E-state index in [4.69, 9.17) is 0 Å². The van der Waals surface area contributed by atoms with E-state index in [1.165, 1.54) is 25.1 Å². The van der Waals surface area contributed by atoms with E-state index in [1.807, 2.05) is 0 Å². The van der Waals surface area contributed by atoms with Crippen LogP contribution in [0.25, 0.3) is 0 Å². The molecule has 20 heavy (non-hydrogen) atoms. The van der Waals surface area contributed by atoms with Gasteiger partial charge in [0.15, 0.2) is 0 Å². The largest absolute Gasteiger partial charge is 0.384 e. The second-order valence-corrected chi connectivity index (χ2v) is 4.99. The van der Waals surface area contributed by atoms with Crippen LogP contribution in [0, 0.1) is 38.2 Å². The first-order valence-corrected chi connectivity index (χ1v) is 6.21. The van der Waals surface area contributed by atoms with Crippen molar-refractivity contribution in [1.82, 2.24) is 0 Å². The molecule has 1 N–H and O–H groups in total. The van der Waals surface area contributed by atoms with E-state index in [2.05, 4.69) is 0 Å². The Bertz CT molecular complexity index is 642. The Morgan fingerprint density at radius 3 is 1.90 bits per heavy atom. The van der Waals surface area contributed by atoms with E-state index in [0.29, 0.717) is 16.7 Å². The lowest BCUT2D eigenvalue weighted by atomic mass is 9.96. The maximum Gasteiger partial charge on any atom is 0.132 e. The number of aryl methyl sites for hydroxylation is 3. The highest BCUT2D eigenvalue weighted by atomic mass is 19.1. The number of hydrogen-bond donors (Lipinski definition) is 1. The maximum atomic E-state index is 13.8. The second kappa shape index (κ2) is 5.29. The Morgan fingerprint density at radius 1 is 0.800 bits per heavy atom. The molecule has 106 valence electrons. The van der Waals surface area contributed by atoms with E-state index in [0.717, 1.165) is 6.07 Å². The lowest BCUT2D eigenvalue weighted by molar-refractivity contribution is 0.214. The van der Waals surface area contributed by atoms with Crippen LogP contribution in [0.15, 0.2) is 24.3 Å². The van der Waals surface area contributed by atoms with Gasteiger partial charge >= 0.3 is 0 Å². The Hall–Kier alpha value is -1.81. The topological polar surface area (TPSA) is 20.2 Å². The highest BCUT2D eigenvalue weighted by Gasteiger charge is 2.18. The van der Waals surface area contributed by atoms with Crippen LogP contribution < -0.4 is 0 Å². The van der Waals surface area contributed by atoms with Crippen molar-refractivity contribution in [2.45, 2.75) is 26.9 Å². The van der Waals surface area contributed by atoms with Crippen molar-refractivity contribution >= 4 is 0 Å². The van der Waals surface area contributed by atoms with Gasteiger partial charge in [-0.05, 0) is 49.1 Å². The predicted octanol–water partition coefficient (Wildman–Crippen LogP) is 4.11. The van der Waals surface area contributed by atoms with Crippen LogP contribution in [0.1, 0.15) is 33.9 Å². The number of aliphatic hydroxyl groups excluding tert-OH is 1. The summed E-state index contributed by atoms with van der Waals surface area (Å²) in [6.07, 6.45) is -1.26. The van der Waals surface area contributed by atoms with Gasteiger partial charge < -0.3 is 5.11 Å². The van der Waals surface area contributed by atoms with Crippen molar-refractivity contribution in [3.63, 3.8) is 0 Å². The van der Waals surface area contributed by atoms with E-state index >= 15 is 0 Å². The molecule has 2 aromatic rings. The minimum atomic E-state index is -1.26. The molecule has 0 saturated carbocycles. The minimum Gasteiger partial charge on any atom is -0.384 e. The van der Waals surface area contributed by atoms with Gasteiger partial charge in [-0.1, -0.05) is 12.1 Å². The summed E-state index contributed by atoms with van der Waals surface area (Å²) in [5, 5.41) is 10.2. The molecule has 2 aromatic carbocycles. The number of aliphatic hydroxyl groups is 1. The molecule has 0 aliphatic carbocycles. The summed E-state index contributed by atoms with van der Waals surface area (Å²) in [5.74, 6) is -1.83. The molecule has 1 unspecified atom stereocenters. The van der Waals surface area contributed by atoms with Gasteiger partial charge in [0, 0.05) is 11.6 Å². The fourth-order valence-electron chi connectivity index (χ4n) is 2.21. The number of rotatable bonds is 2. The van der Waals surface area contributed by atoms with Gasteiger partial charge in [0.25, 0.3) is 0 Å². The lowest BCUT2D eigenvalue weighted by Gasteiger charge is -2.15. The molecule has 0 heterocycles. The fourth-order valence-corrected chi connectivity index (χ4v) is 2.21. The van der Waals surface area contributed by atoms with Crippen molar-refractivity contribution in [3.8, 4) is 0 Å². The Kier molecular flexibility index (Phi) is 3.86. The summed E-state index contributed by atoms with van der Waals surface area (Å²) in [6.45, 7) is 4.64. The third-order valence-corrected chi connectivity index (χ3v) is 3.35. The zero-order valence-corrected chi connectivity index (χ0v) is 11.5. The molecule has 0 saturated heterocycles. The minimum absolute atomic E-state index is 0.0192. The standard InChI is InChI=1S/C16H15F3O/c1-8-6-12(14(18)7-13(8)17)16(20)11-4-9(2)15(19)10(3)5-11/h4-7,16,20H,1-3H3. The van der Waals surface area contributed by atoms with Crippen molar-refractivity contribution in [2.24, 2.45) is 0 Å². The van der Waals surface area contributed by atoms with Crippen LogP contribution in [0.4, 0.5) is 13.2 Å². The molecule has 0 aliphatic heterocycles. The van der Waals surface area contributed by atoms with Crippen molar-refractivity contribution in [2.75, 3.05) is 0 Å². The van der Waals surface area contributed by atoms with Gasteiger partial charge in [0.2, 0.25) is 0 Å². The molecule has 1 nitrogen and oxygen atoms in total. The molecule has 0 bridgehead atoms. The third-order valence-electron chi connectivity index (χ3n) is 3.35. The molecular weight excluding hydrogens is 265 g/mol. The molecule has 1 atom stereocenters. The van der Waals surface area contributed by atoms with Gasteiger partial charge in [-0.15, -0.1) is 0 Å². The fraction of sp³-hybridized carbons (Fsp3) is 0.250. The van der Waals surface area contributed by atoms with Gasteiger partial charge in [-0.25, -0.2) is 13.2 Å². The average Bonchev–Trinajstić information content (AvgIpc) is 2.38. The van der Waals surface area contributed by atoms with E-state index in [-0.39, 0.29) is 16.9 Å². The molecule has 0 fully saturated rings. The first-order valence-electron chi connectivity index (χ1n) is 6.21. The van der Waals surface area contributed by atoms with E-state index in [1.54, 1.807) is 13.8 Å². The Labute approximate surface area is 115 Å². The molecule has 0 amide bonds. The normalized spacial score (nSPS) is 12.6. The molecular formula is C16H15F3O. The molecule has 4 heteroatoms. The van der Waals surface area contributed by atoms with Crippen LogP contribution in [0.2, 0.25) is 0 Å². The maximum absolute atomic E-state index is 13.8. The highest BCUT2D eigenvalue weighted by Crippen LogP contribution is 2.28. The second-order valence-electron chi connectivity index (χ2n) is 4.99. The van der Waals surface area contributed by atoms with Crippen LogP contribution >= 0.6 is 0 Å². The van der Waals surface area contributed by atoms with Crippen LogP contribution in [0.3, 0.4) is 0 Å². The van der Waals surface area contributed by atoms with Crippen LogP contribution in [-0.2, 0) is 0 Å². The SMILES string of the molecule is Cc1cc(C(O)c2cc(C)c(F)c(C)c2)c(F)cc1F. The Balaban J connectivity index is 2.51. The van der Waals surface area contributed by atoms with Gasteiger partial charge in [-0.3, -0.25) is 0 Å². The van der Waals surface area contributed by atoms with Gasteiger partial charge in [0.05, 0.1) is 0 Å². The van der Waals surface area contributed by atoms with E-state index in [9.17, 15) is 18.3 Å². The van der Waals surface area contributed by atoms with E-state index < -0.39 is 17.7 Å². The molecule has 0 spiro atoms. The summed E-state index contributed by atoms with van der Waals surface area (Å²) in [6, 6.07) is 4.94. The number of halogens is 3. The monoisotopic (exact) mass is 280 g/mol. The highest BCUT2D eigenvalue weighted by molar-refractivity contribution is 5.38. The summed E-state index contributed by atoms with van der Waals surface area (Å²) in [4.78, 5) is 0. The van der Waals surface area contributed by atoms with Crippen molar-refractivity contribution in [3.05, 3.63) is 69.5 Å². The zero-order chi connectivity index (χ0) is 15.0. The smallest absolute Gasteiger partial charge is 0.132 e. The molecule has 0 radical (unpaired) electrons. The lowest BCUT2D eigenvalue weighted by Crippen LogP contribution is -2.06. The average molecular weight is 280 g/mol. The van der Waals surface area contributed by atoms with Gasteiger partial charge in [0.1, 0.15) is 23.6 Å². The zero-order valence-electron chi connectivity index (χ0n) is 11.5. The van der Waals surface area contributed by atoms with Crippen LogP contribution in [0.5, 0.6) is 0 Å². The summed E-state index contributed by atoms with van der Waals surface area (Å²) < 4.78 is 40.6. The summed E-state index contributed by atoms with van der Waals surface area (Å²) in [7, 11) is 0.